The quantitative estimate of drug-likeness (QED) is 0.915. The van der Waals surface area contributed by atoms with Gasteiger partial charge in [0.2, 0.25) is 0 Å². The average molecular weight is 288 g/mol. The lowest BCUT2D eigenvalue weighted by Gasteiger charge is -2.19. The molecule has 112 valence electrons. The van der Waals surface area contributed by atoms with Gasteiger partial charge in [0.1, 0.15) is 5.75 Å². The van der Waals surface area contributed by atoms with Crippen LogP contribution in [0.1, 0.15) is 22.7 Å². The molecule has 0 fully saturated rings. The van der Waals surface area contributed by atoms with Crippen LogP contribution in [0.4, 0.5) is 0 Å². The van der Waals surface area contributed by atoms with Crippen molar-refractivity contribution < 1.29 is 14.2 Å². The van der Waals surface area contributed by atoms with Gasteiger partial charge in [-0.25, -0.2) is 0 Å². The van der Waals surface area contributed by atoms with E-state index in [-0.39, 0.29) is 6.04 Å². The second-order valence-electron chi connectivity index (χ2n) is 4.72. The molecule has 2 aromatic rings. The van der Waals surface area contributed by atoms with E-state index in [1.54, 1.807) is 39.8 Å². The summed E-state index contributed by atoms with van der Waals surface area (Å²) in [4.78, 5) is 4.19. The molecule has 2 N–H and O–H groups in total. The van der Waals surface area contributed by atoms with E-state index in [9.17, 15) is 0 Å². The van der Waals surface area contributed by atoms with Crippen molar-refractivity contribution in [2.75, 3.05) is 21.3 Å². The zero-order chi connectivity index (χ0) is 15.4. The van der Waals surface area contributed by atoms with Crippen LogP contribution in [-0.2, 0) is 0 Å². The monoisotopic (exact) mass is 288 g/mol. The van der Waals surface area contributed by atoms with Gasteiger partial charge in [0.25, 0.3) is 0 Å². The Morgan fingerprint density at radius 3 is 2.10 bits per heavy atom. The lowest BCUT2D eigenvalue weighted by atomic mass is 9.98. The summed E-state index contributed by atoms with van der Waals surface area (Å²) in [5.74, 6) is 1.87. The van der Waals surface area contributed by atoms with Crippen molar-refractivity contribution in [3.63, 3.8) is 0 Å². The van der Waals surface area contributed by atoms with Crippen LogP contribution in [-0.4, -0.2) is 26.3 Å². The van der Waals surface area contributed by atoms with E-state index in [0.29, 0.717) is 17.2 Å². The van der Waals surface area contributed by atoms with Crippen molar-refractivity contribution in [3.8, 4) is 17.2 Å². The Bertz CT molecular complexity index is 629. The van der Waals surface area contributed by atoms with Gasteiger partial charge in [-0.05, 0) is 24.1 Å². The normalized spacial score (nSPS) is 11.9. The van der Waals surface area contributed by atoms with Crippen LogP contribution in [0.25, 0.3) is 0 Å². The van der Waals surface area contributed by atoms with E-state index in [2.05, 4.69) is 4.98 Å². The molecule has 0 radical (unpaired) electrons. The number of rotatable bonds is 5. The van der Waals surface area contributed by atoms with Gasteiger partial charge in [-0.3, -0.25) is 4.98 Å². The van der Waals surface area contributed by atoms with Crippen molar-refractivity contribution in [2.45, 2.75) is 13.0 Å². The maximum absolute atomic E-state index is 6.36. The van der Waals surface area contributed by atoms with E-state index in [1.165, 1.54) is 0 Å². The number of aryl methyl sites for hydroxylation is 1. The molecule has 5 nitrogen and oxygen atoms in total. The van der Waals surface area contributed by atoms with Gasteiger partial charge in [-0.1, -0.05) is 6.07 Å². The molecule has 0 bridgehead atoms. The maximum atomic E-state index is 6.36. The summed E-state index contributed by atoms with van der Waals surface area (Å²) in [7, 11) is 4.78. The van der Waals surface area contributed by atoms with Crippen LogP contribution in [0.3, 0.4) is 0 Å². The van der Waals surface area contributed by atoms with Gasteiger partial charge in [0.05, 0.1) is 27.4 Å². The summed E-state index contributed by atoms with van der Waals surface area (Å²) in [6.45, 7) is 1.98. The highest BCUT2D eigenvalue weighted by atomic mass is 16.5. The molecule has 1 aromatic carbocycles. The zero-order valence-corrected chi connectivity index (χ0v) is 12.7. The number of pyridine rings is 1. The first kappa shape index (κ1) is 15.1. The van der Waals surface area contributed by atoms with Crippen molar-refractivity contribution in [1.82, 2.24) is 4.98 Å². The number of hydrogen-bond donors (Lipinski definition) is 1. The standard InChI is InChI=1S/C16H20N2O3/c1-10-5-11(9-18-8-10)16(17)12-6-14(20-3)15(21-4)7-13(12)19-2/h5-9,16H,17H2,1-4H3. The smallest absolute Gasteiger partial charge is 0.164 e. The van der Waals surface area contributed by atoms with Gasteiger partial charge >= 0.3 is 0 Å². The van der Waals surface area contributed by atoms with Crippen LogP contribution in [0.5, 0.6) is 17.2 Å². The number of methoxy groups -OCH3 is 3. The molecule has 1 heterocycles. The second kappa shape index (κ2) is 6.45. The molecule has 0 saturated carbocycles. The van der Waals surface area contributed by atoms with Crippen LogP contribution < -0.4 is 19.9 Å². The third-order valence-electron chi connectivity index (χ3n) is 3.33. The van der Waals surface area contributed by atoms with Crippen molar-refractivity contribution in [1.29, 1.82) is 0 Å². The Morgan fingerprint density at radius 2 is 1.52 bits per heavy atom. The molecule has 1 unspecified atom stereocenters. The largest absolute Gasteiger partial charge is 0.496 e. The Morgan fingerprint density at radius 1 is 0.905 bits per heavy atom. The van der Waals surface area contributed by atoms with Crippen LogP contribution >= 0.6 is 0 Å². The summed E-state index contributed by atoms with van der Waals surface area (Å²) >= 11 is 0. The Hall–Kier alpha value is -2.27. The van der Waals surface area contributed by atoms with Crippen LogP contribution in [0, 0.1) is 6.92 Å². The lowest BCUT2D eigenvalue weighted by Crippen LogP contribution is -2.14. The molecule has 21 heavy (non-hydrogen) atoms. The van der Waals surface area contributed by atoms with E-state index in [4.69, 9.17) is 19.9 Å². The van der Waals surface area contributed by atoms with Gasteiger partial charge in [0.15, 0.2) is 11.5 Å². The van der Waals surface area contributed by atoms with Crippen molar-refractivity contribution in [2.24, 2.45) is 5.73 Å². The predicted molar refractivity (Wildman–Crippen MR) is 81.1 cm³/mol. The van der Waals surface area contributed by atoms with E-state index in [0.717, 1.165) is 16.7 Å². The van der Waals surface area contributed by atoms with Gasteiger partial charge < -0.3 is 19.9 Å². The fourth-order valence-corrected chi connectivity index (χ4v) is 2.22. The molecular formula is C16H20N2O3. The Kier molecular flexibility index (Phi) is 4.65. The fourth-order valence-electron chi connectivity index (χ4n) is 2.22. The summed E-state index contributed by atoms with van der Waals surface area (Å²) in [6.07, 6.45) is 3.55. The Balaban J connectivity index is 2.51. The topological polar surface area (TPSA) is 66.6 Å². The number of ether oxygens (including phenoxy) is 3. The van der Waals surface area contributed by atoms with Crippen molar-refractivity contribution >= 4 is 0 Å². The zero-order valence-electron chi connectivity index (χ0n) is 12.7. The molecule has 0 spiro atoms. The lowest BCUT2D eigenvalue weighted by molar-refractivity contribution is 0.347. The number of nitrogens with zero attached hydrogens (tertiary/aromatic N) is 1. The molecule has 0 aliphatic heterocycles. The highest BCUT2D eigenvalue weighted by molar-refractivity contribution is 5.53. The summed E-state index contributed by atoms with van der Waals surface area (Å²) in [5, 5.41) is 0. The van der Waals surface area contributed by atoms with E-state index >= 15 is 0 Å². The number of nitrogens with two attached hydrogens (primary N) is 1. The van der Waals surface area contributed by atoms with Gasteiger partial charge in [-0.2, -0.15) is 0 Å². The first-order chi connectivity index (χ1) is 10.1. The minimum atomic E-state index is -0.354. The van der Waals surface area contributed by atoms with E-state index in [1.807, 2.05) is 19.1 Å². The summed E-state index contributed by atoms with van der Waals surface area (Å²) in [6, 6.07) is 5.27. The highest BCUT2D eigenvalue weighted by Gasteiger charge is 2.18. The molecule has 2 rings (SSSR count). The fraction of sp³-hybridized carbons (Fsp3) is 0.312. The molecule has 0 saturated heterocycles. The maximum Gasteiger partial charge on any atom is 0.164 e. The Labute approximate surface area is 124 Å². The van der Waals surface area contributed by atoms with Gasteiger partial charge in [-0.15, -0.1) is 0 Å². The molecule has 0 aliphatic rings. The third kappa shape index (κ3) is 3.08. The molecule has 1 atom stereocenters. The molecule has 0 amide bonds. The predicted octanol–water partition coefficient (Wildman–Crippen LogP) is 2.46. The third-order valence-corrected chi connectivity index (χ3v) is 3.33. The van der Waals surface area contributed by atoms with Crippen LogP contribution in [0.15, 0.2) is 30.6 Å². The minimum Gasteiger partial charge on any atom is -0.496 e. The van der Waals surface area contributed by atoms with Crippen molar-refractivity contribution in [3.05, 3.63) is 47.3 Å². The van der Waals surface area contributed by atoms with Crippen LogP contribution in [0.2, 0.25) is 0 Å². The second-order valence-corrected chi connectivity index (χ2v) is 4.72. The SMILES string of the molecule is COc1cc(OC)c(C(N)c2cncc(C)c2)cc1OC. The molecular weight excluding hydrogens is 268 g/mol. The first-order valence-corrected chi connectivity index (χ1v) is 6.57. The number of aromatic nitrogens is 1. The average Bonchev–Trinajstić information content (AvgIpc) is 2.52. The molecule has 0 aliphatic carbocycles. The summed E-state index contributed by atoms with van der Waals surface area (Å²) < 4.78 is 16.0. The number of benzene rings is 1. The summed E-state index contributed by atoms with van der Waals surface area (Å²) in [5.41, 5.74) is 9.16. The first-order valence-electron chi connectivity index (χ1n) is 6.57. The highest BCUT2D eigenvalue weighted by Crippen LogP contribution is 2.38. The number of hydrogen-bond acceptors (Lipinski definition) is 5. The molecule has 5 heteroatoms. The van der Waals surface area contributed by atoms with E-state index < -0.39 is 0 Å². The minimum absolute atomic E-state index is 0.354. The molecule has 1 aromatic heterocycles. The van der Waals surface area contributed by atoms with Gasteiger partial charge in [0, 0.05) is 24.0 Å².